The fourth-order valence-electron chi connectivity index (χ4n) is 2.23. The van der Waals surface area contributed by atoms with Crippen molar-refractivity contribution in [1.82, 2.24) is 0 Å². The standard InChI is InChI=1S/C13H18N2OS/c1-17-11-8-4-7-10(12(11)13(14)15)16-9-5-2-3-6-9/h4,7-9H,2-3,5-6H2,1H3,(H3,14,15). The van der Waals surface area contributed by atoms with E-state index in [1.54, 1.807) is 11.8 Å². The Morgan fingerprint density at radius 1 is 1.41 bits per heavy atom. The van der Waals surface area contributed by atoms with Crippen molar-refractivity contribution >= 4 is 17.6 Å². The van der Waals surface area contributed by atoms with E-state index in [4.69, 9.17) is 15.9 Å². The molecule has 0 spiro atoms. The third-order valence-electron chi connectivity index (χ3n) is 3.07. The van der Waals surface area contributed by atoms with Crippen molar-refractivity contribution in [2.24, 2.45) is 5.73 Å². The van der Waals surface area contributed by atoms with Crippen molar-refractivity contribution in [3.63, 3.8) is 0 Å². The molecular weight excluding hydrogens is 232 g/mol. The monoisotopic (exact) mass is 250 g/mol. The average Bonchev–Trinajstić information content (AvgIpc) is 2.81. The van der Waals surface area contributed by atoms with Gasteiger partial charge in [0.05, 0.1) is 11.7 Å². The van der Waals surface area contributed by atoms with Gasteiger partial charge in [-0.1, -0.05) is 6.07 Å². The van der Waals surface area contributed by atoms with Crippen molar-refractivity contribution in [1.29, 1.82) is 5.41 Å². The number of nitrogen functional groups attached to an aromatic ring is 1. The minimum atomic E-state index is 0.0861. The molecule has 1 aromatic rings. The Morgan fingerprint density at radius 3 is 2.71 bits per heavy atom. The molecule has 0 bridgehead atoms. The molecule has 0 radical (unpaired) electrons. The van der Waals surface area contributed by atoms with E-state index in [1.165, 1.54) is 12.8 Å². The quantitative estimate of drug-likeness (QED) is 0.490. The summed E-state index contributed by atoms with van der Waals surface area (Å²) >= 11 is 1.59. The predicted molar refractivity (Wildman–Crippen MR) is 72.1 cm³/mol. The summed E-state index contributed by atoms with van der Waals surface area (Å²) in [6, 6.07) is 5.85. The number of hydrogen-bond donors (Lipinski definition) is 2. The van der Waals surface area contributed by atoms with Gasteiger partial charge in [-0.2, -0.15) is 0 Å². The summed E-state index contributed by atoms with van der Waals surface area (Å²) in [5, 5.41) is 7.68. The Hall–Kier alpha value is -1.16. The molecule has 1 saturated carbocycles. The number of rotatable bonds is 4. The van der Waals surface area contributed by atoms with E-state index in [2.05, 4.69) is 0 Å². The molecule has 0 unspecified atom stereocenters. The van der Waals surface area contributed by atoms with Crippen molar-refractivity contribution in [3.8, 4) is 5.75 Å². The van der Waals surface area contributed by atoms with Gasteiger partial charge in [-0.25, -0.2) is 0 Å². The van der Waals surface area contributed by atoms with Gasteiger partial charge in [0.2, 0.25) is 0 Å². The maximum atomic E-state index is 7.68. The summed E-state index contributed by atoms with van der Waals surface area (Å²) in [4.78, 5) is 1.01. The average molecular weight is 250 g/mol. The van der Waals surface area contributed by atoms with Gasteiger partial charge >= 0.3 is 0 Å². The molecule has 1 aliphatic rings. The lowest BCUT2D eigenvalue weighted by atomic mass is 10.1. The third-order valence-corrected chi connectivity index (χ3v) is 3.85. The molecule has 0 aromatic heterocycles. The van der Waals surface area contributed by atoms with Gasteiger partial charge in [0.1, 0.15) is 11.6 Å². The van der Waals surface area contributed by atoms with Crippen LogP contribution in [0.4, 0.5) is 0 Å². The maximum Gasteiger partial charge on any atom is 0.131 e. The number of ether oxygens (including phenoxy) is 1. The summed E-state index contributed by atoms with van der Waals surface area (Å²) < 4.78 is 5.98. The maximum absolute atomic E-state index is 7.68. The van der Waals surface area contributed by atoms with Crippen LogP contribution in [0.2, 0.25) is 0 Å². The minimum absolute atomic E-state index is 0.0861. The molecule has 2 rings (SSSR count). The van der Waals surface area contributed by atoms with Gasteiger partial charge in [-0.3, -0.25) is 5.41 Å². The fourth-order valence-corrected chi connectivity index (χ4v) is 2.86. The van der Waals surface area contributed by atoms with Crippen molar-refractivity contribution < 1.29 is 4.74 Å². The zero-order valence-corrected chi connectivity index (χ0v) is 10.8. The van der Waals surface area contributed by atoms with E-state index in [9.17, 15) is 0 Å². The molecule has 1 fully saturated rings. The van der Waals surface area contributed by atoms with Gasteiger partial charge in [0.25, 0.3) is 0 Å². The smallest absolute Gasteiger partial charge is 0.131 e. The molecule has 0 aliphatic heterocycles. The topological polar surface area (TPSA) is 59.1 Å². The molecule has 3 N–H and O–H groups in total. The molecule has 0 heterocycles. The zero-order valence-electron chi connectivity index (χ0n) is 10.0. The first kappa shape index (κ1) is 12.3. The van der Waals surface area contributed by atoms with E-state index >= 15 is 0 Å². The number of nitrogens with two attached hydrogens (primary N) is 1. The van der Waals surface area contributed by atoms with Gasteiger partial charge < -0.3 is 10.5 Å². The zero-order chi connectivity index (χ0) is 12.3. The van der Waals surface area contributed by atoms with Crippen molar-refractivity contribution in [2.45, 2.75) is 36.7 Å². The molecular formula is C13H18N2OS. The minimum Gasteiger partial charge on any atom is -0.490 e. The van der Waals surface area contributed by atoms with Crippen LogP contribution in [0, 0.1) is 5.41 Å². The van der Waals surface area contributed by atoms with E-state index in [0.717, 1.165) is 29.1 Å². The molecule has 92 valence electrons. The van der Waals surface area contributed by atoms with Crippen LogP contribution in [-0.2, 0) is 0 Å². The van der Waals surface area contributed by atoms with Crippen LogP contribution in [0.1, 0.15) is 31.2 Å². The van der Waals surface area contributed by atoms with Crippen LogP contribution in [0.25, 0.3) is 0 Å². The number of hydrogen-bond acceptors (Lipinski definition) is 3. The molecule has 4 heteroatoms. The Labute approximate surface area is 106 Å². The Morgan fingerprint density at radius 2 is 2.12 bits per heavy atom. The molecule has 0 saturated heterocycles. The van der Waals surface area contributed by atoms with Gasteiger partial charge in [-0.05, 0) is 44.1 Å². The first-order valence-electron chi connectivity index (χ1n) is 5.90. The van der Waals surface area contributed by atoms with Crippen molar-refractivity contribution in [2.75, 3.05) is 6.26 Å². The number of amidine groups is 1. The predicted octanol–water partition coefficient (Wildman–Crippen LogP) is 3.01. The first-order valence-corrected chi connectivity index (χ1v) is 7.13. The molecule has 1 aliphatic carbocycles. The van der Waals surface area contributed by atoms with Crippen LogP contribution >= 0.6 is 11.8 Å². The van der Waals surface area contributed by atoms with E-state index in [0.29, 0.717) is 6.10 Å². The molecule has 17 heavy (non-hydrogen) atoms. The number of nitrogens with one attached hydrogen (secondary N) is 1. The van der Waals surface area contributed by atoms with E-state index in [1.807, 2.05) is 24.5 Å². The largest absolute Gasteiger partial charge is 0.490 e. The van der Waals surface area contributed by atoms with Crippen LogP contribution in [-0.4, -0.2) is 18.2 Å². The van der Waals surface area contributed by atoms with Gasteiger partial charge in [-0.15, -0.1) is 11.8 Å². The van der Waals surface area contributed by atoms with E-state index < -0.39 is 0 Å². The Kier molecular flexibility index (Phi) is 3.94. The highest BCUT2D eigenvalue weighted by molar-refractivity contribution is 7.98. The second-order valence-corrected chi connectivity index (χ2v) is 5.12. The highest BCUT2D eigenvalue weighted by Gasteiger charge is 2.19. The third kappa shape index (κ3) is 2.75. The lowest BCUT2D eigenvalue weighted by Gasteiger charge is -2.17. The Bertz CT molecular complexity index is 414. The lowest BCUT2D eigenvalue weighted by Crippen LogP contribution is -2.18. The van der Waals surface area contributed by atoms with Crippen LogP contribution in [0.5, 0.6) is 5.75 Å². The fraction of sp³-hybridized carbons (Fsp3) is 0.462. The highest BCUT2D eigenvalue weighted by Crippen LogP contribution is 2.31. The summed E-state index contributed by atoms with van der Waals surface area (Å²) in [6.45, 7) is 0. The van der Waals surface area contributed by atoms with Crippen LogP contribution in [0.3, 0.4) is 0 Å². The summed E-state index contributed by atoms with van der Waals surface area (Å²) in [7, 11) is 0. The van der Waals surface area contributed by atoms with E-state index in [-0.39, 0.29) is 5.84 Å². The molecule has 0 atom stereocenters. The Balaban J connectivity index is 2.28. The summed E-state index contributed by atoms with van der Waals surface area (Å²) in [5.74, 6) is 0.846. The van der Waals surface area contributed by atoms with Crippen LogP contribution < -0.4 is 10.5 Å². The number of benzene rings is 1. The second kappa shape index (κ2) is 5.45. The SMILES string of the molecule is CSc1cccc(OC2CCCC2)c1C(=N)N. The summed E-state index contributed by atoms with van der Waals surface area (Å²) in [6.07, 6.45) is 6.98. The highest BCUT2D eigenvalue weighted by atomic mass is 32.2. The van der Waals surface area contributed by atoms with Gasteiger partial charge in [0.15, 0.2) is 0 Å². The normalized spacial score (nSPS) is 16.1. The number of thioether (sulfide) groups is 1. The molecule has 1 aromatic carbocycles. The molecule has 0 amide bonds. The molecule has 3 nitrogen and oxygen atoms in total. The lowest BCUT2D eigenvalue weighted by molar-refractivity contribution is 0.209. The second-order valence-electron chi connectivity index (χ2n) is 4.27. The van der Waals surface area contributed by atoms with Crippen molar-refractivity contribution in [3.05, 3.63) is 23.8 Å². The van der Waals surface area contributed by atoms with Crippen LogP contribution in [0.15, 0.2) is 23.1 Å². The van der Waals surface area contributed by atoms with Gasteiger partial charge in [0, 0.05) is 4.90 Å². The summed E-state index contributed by atoms with van der Waals surface area (Å²) in [5.41, 5.74) is 6.40. The first-order chi connectivity index (χ1) is 8.22.